The summed E-state index contributed by atoms with van der Waals surface area (Å²) >= 11 is 0. The second kappa shape index (κ2) is 5.94. The number of nitrogens with zero attached hydrogens (tertiary/aromatic N) is 3. The molecule has 0 amide bonds. The molecule has 1 heterocycles. The average molecular weight is 429 g/mol. The Hall–Kier alpha value is -0.690. The van der Waals surface area contributed by atoms with Gasteiger partial charge in [0.1, 0.15) is 0 Å². The van der Waals surface area contributed by atoms with E-state index in [4.69, 9.17) is 0 Å². The minimum Gasteiger partial charge on any atom is -0.212 e. The van der Waals surface area contributed by atoms with Crippen LogP contribution >= 0.6 is 0 Å². The van der Waals surface area contributed by atoms with E-state index in [-0.39, 0.29) is 4.31 Å². The van der Waals surface area contributed by atoms with Crippen molar-refractivity contribution in [1.29, 1.82) is 0 Å². The summed E-state index contributed by atoms with van der Waals surface area (Å²) in [6.07, 6.45) is 0.356. The second-order valence-corrected chi connectivity index (χ2v) is 10.3. The highest BCUT2D eigenvalue weighted by molar-refractivity contribution is 7.91. The monoisotopic (exact) mass is 429 g/mol. The standard InChI is InChI=1S/C6H9F6N3O6S3/c1-22(16,17)13-2-14(23(18,19)5(7,8)9)4-15(3-13)24(20,21)6(10,11)12/h2-4H2,1H3. The van der Waals surface area contributed by atoms with Crippen molar-refractivity contribution in [3.63, 3.8) is 0 Å². The summed E-state index contributed by atoms with van der Waals surface area (Å²) in [5.74, 6) is 0. The van der Waals surface area contributed by atoms with Crippen molar-refractivity contribution in [2.24, 2.45) is 0 Å². The summed E-state index contributed by atoms with van der Waals surface area (Å²) in [7, 11) is -17.1. The number of halogens is 6. The van der Waals surface area contributed by atoms with E-state index in [0.29, 0.717) is 6.26 Å². The van der Waals surface area contributed by atoms with Gasteiger partial charge in [-0.1, -0.05) is 0 Å². The maximum atomic E-state index is 12.5. The minimum absolute atomic E-state index is 0.164. The molecule has 1 saturated heterocycles. The Morgan fingerprint density at radius 2 is 0.875 bits per heavy atom. The smallest absolute Gasteiger partial charge is 0.212 e. The molecular formula is C6H9F6N3O6S3. The Labute approximate surface area is 132 Å². The quantitative estimate of drug-likeness (QED) is 0.556. The first-order chi connectivity index (χ1) is 10.3. The van der Waals surface area contributed by atoms with E-state index >= 15 is 0 Å². The van der Waals surface area contributed by atoms with Crippen molar-refractivity contribution in [2.75, 3.05) is 26.3 Å². The SMILES string of the molecule is CS(=O)(=O)N1CN(S(=O)(=O)C(F)(F)F)CN(S(=O)(=O)C(F)(F)F)C1. The van der Waals surface area contributed by atoms with E-state index < -0.39 is 69.7 Å². The van der Waals surface area contributed by atoms with E-state index in [9.17, 15) is 51.6 Å². The lowest BCUT2D eigenvalue weighted by Gasteiger charge is -2.39. The van der Waals surface area contributed by atoms with Crippen LogP contribution in [0.1, 0.15) is 0 Å². The summed E-state index contributed by atoms with van der Waals surface area (Å²) in [5, 5.41) is 0. The van der Waals surface area contributed by atoms with Gasteiger partial charge in [0.05, 0.1) is 26.3 Å². The molecule has 0 saturated carbocycles. The Bertz CT molecular complexity index is 748. The number of hydrogen-bond acceptors (Lipinski definition) is 6. The van der Waals surface area contributed by atoms with E-state index in [0.717, 1.165) is 0 Å². The van der Waals surface area contributed by atoms with Crippen LogP contribution in [0.15, 0.2) is 0 Å². The maximum absolute atomic E-state index is 12.5. The fourth-order valence-corrected chi connectivity index (χ4v) is 4.14. The van der Waals surface area contributed by atoms with Gasteiger partial charge in [-0.25, -0.2) is 25.3 Å². The number of sulfonamides is 3. The third-order valence-corrected chi connectivity index (χ3v) is 6.84. The van der Waals surface area contributed by atoms with Crippen molar-refractivity contribution in [3.05, 3.63) is 0 Å². The largest absolute Gasteiger partial charge is 0.511 e. The summed E-state index contributed by atoms with van der Waals surface area (Å²) in [6, 6.07) is 0. The summed E-state index contributed by atoms with van der Waals surface area (Å²) in [5.41, 5.74) is -11.9. The van der Waals surface area contributed by atoms with Crippen LogP contribution in [0.5, 0.6) is 0 Å². The lowest BCUT2D eigenvalue weighted by molar-refractivity contribution is -0.0580. The topological polar surface area (TPSA) is 112 Å². The van der Waals surface area contributed by atoms with Gasteiger partial charge in [0.25, 0.3) is 0 Å². The molecular weight excluding hydrogens is 420 g/mol. The van der Waals surface area contributed by atoms with Crippen LogP contribution in [0.3, 0.4) is 0 Å². The van der Waals surface area contributed by atoms with Crippen LogP contribution in [-0.2, 0) is 30.1 Å². The van der Waals surface area contributed by atoms with Crippen LogP contribution in [0.25, 0.3) is 0 Å². The third-order valence-electron chi connectivity index (χ3n) is 2.68. The lowest BCUT2D eigenvalue weighted by Crippen LogP contribution is -2.62. The number of alkyl halides is 6. The predicted molar refractivity (Wildman–Crippen MR) is 64.9 cm³/mol. The molecule has 0 aromatic heterocycles. The van der Waals surface area contributed by atoms with Gasteiger partial charge in [-0.05, 0) is 0 Å². The molecule has 0 N–H and O–H groups in total. The van der Waals surface area contributed by atoms with Crippen LogP contribution < -0.4 is 0 Å². The van der Waals surface area contributed by atoms with E-state index in [2.05, 4.69) is 0 Å². The molecule has 0 spiro atoms. The van der Waals surface area contributed by atoms with Gasteiger partial charge < -0.3 is 0 Å². The second-order valence-electron chi connectivity index (χ2n) is 4.44. The Balaban J connectivity index is 3.42. The highest BCUT2D eigenvalue weighted by Gasteiger charge is 2.57. The Morgan fingerprint density at radius 3 is 1.08 bits per heavy atom. The van der Waals surface area contributed by atoms with Crippen LogP contribution in [0.4, 0.5) is 26.3 Å². The molecule has 1 aliphatic rings. The molecule has 0 aromatic rings. The molecule has 1 aliphatic heterocycles. The molecule has 0 aromatic carbocycles. The Morgan fingerprint density at radius 1 is 0.625 bits per heavy atom. The molecule has 144 valence electrons. The van der Waals surface area contributed by atoms with Crippen molar-refractivity contribution in [2.45, 2.75) is 11.0 Å². The molecule has 0 bridgehead atoms. The van der Waals surface area contributed by atoms with E-state index in [1.54, 1.807) is 0 Å². The van der Waals surface area contributed by atoms with E-state index in [1.165, 1.54) is 0 Å². The number of hydrogen-bond donors (Lipinski definition) is 0. The van der Waals surface area contributed by atoms with Gasteiger partial charge in [-0.15, -0.1) is 0 Å². The highest BCUT2D eigenvalue weighted by Crippen LogP contribution is 2.33. The zero-order chi connectivity index (χ0) is 19.4. The molecule has 1 fully saturated rings. The van der Waals surface area contributed by atoms with Crippen molar-refractivity contribution < 1.29 is 51.6 Å². The first-order valence-corrected chi connectivity index (χ1v) is 10.1. The lowest BCUT2D eigenvalue weighted by atomic mass is 10.8. The maximum Gasteiger partial charge on any atom is 0.511 e. The molecule has 0 unspecified atom stereocenters. The first kappa shape index (κ1) is 21.4. The van der Waals surface area contributed by atoms with Gasteiger partial charge in [-0.2, -0.15) is 39.3 Å². The first-order valence-electron chi connectivity index (χ1n) is 5.40. The molecule has 0 radical (unpaired) electrons. The molecule has 0 atom stereocenters. The zero-order valence-corrected chi connectivity index (χ0v) is 13.9. The van der Waals surface area contributed by atoms with Gasteiger partial charge >= 0.3 is 31.1 Å². The van der Waals surface area contributed by atoms with Crippen LogP contribution in [-0.4, -0.2) is 75.4 Å². The molecule has 9 nitrogen and oxygen atoms in total. The van der Waals surface area contributed by atoms with Gasteiger partial charge in [0, 0.05) is 0 Å². The summed E-state index contributed by atoms with van der Waals surface area (Å²) in [4.78, 5) is 0. The zero-order valence-electron chi connectivity index (χ0n) is 11.4. The van der Waals surface area contributed by atoms with Crippen LogP contribution in [0.2, 0.25) is 0 Å². The predicted octanol–water partition coefficient (Wildman–Crippen LogP) is -0.563. The average Bonchev–Trinajstić information content (AvgIpc) is 2.34. The molecule has 0 aliphatic carbocycles. The Kier molecular flexibility index (Phi) is 5.28. The van der Waals surface area contributed by atoms with Crippen molar-refractivity contribution in [3.8, 4) is 0 Å². The van der Waals surface area contributed by atoms with Crippen molar-refractivity contribution >= 4 is 30.1 Å². The number of rotatable bonds is 3. The molecule has 24 heavy (non-hydrogen) atoms. The summed E-state index contributed by atoms with van der Waals surface area (Å²) in [6.45, 7) is -4.84. The minimum atomic E-state index is -6.28. The molecule has 1 rings (SSSR count). The third kappa shape index (κ3) is 3.93. The van der Waals surface area contributed by atoms with Crippen LogP contribution in [0, 0.1) is 0 Å². The van der Waals surface area contributed by atoms with E-state index in [1.807, 2.05) is 0 Å². The van der Waals surface area contributed by atoms with Gasteiger partial charge in [-0.3, -0.25) is 0 Å². The fourth-order valence-electron chi connectivity index (χ4n) is 1.47. The molecule has 18 heteroatoms. The van der Waals surface area contributed by atoms with Crippen molar-refractivity contribution in [1.82, 2.24) is 12.9 Å². The summed E-state index contributed by atoms with van der Waals surface area (Å²) < 4.78 is 141. The van der Waals surface area contributed by atoms with Gasteiger partial charge in [0.2, 0.25) is 10.0 Å². The normalized spacial score (nSPS) is 21.1. The fraction of sp³-hybridized carbons (Fsp3) is 1.00. The van der Waals surface area contributed by atoms with Gasteiger partial charge in [0.15, 0.2) is 0 Å². The highest BCUT2D eigenvalue weighted by atomic mass is 32.2.